The maximum absolute atomic E-state index is 12.4. The van der Waals surface area contributed by atoms with Crippen molar-refractivity contribution < 1.29 is 24.2 Å². The number of nitrogens with zero attached hydrogens (tertiary/aromatic N) is 1. The molecule has 2 fully saturated rings. The number of fused-ring (bicyclic) bond motifs is 1. The molecule has 1 aromatic carbocycles. The second-order valence-corrected chi connectivity index (χ2v) is 7.02. The molecule has 2 amide bonds. The fourth-order valence-corrected chi connectivity index (χ4v) is 3.80. The van der Waals surface area contributed by atoms with Gasteiger partial charge in [0.2, 0.25) is 11.8 Å². The number of carbonyl (C=O) groups is 3. The van der Waals surface area contributed by atoms with E-state index in [0.29, 0.717) is 26.2 Å². The Morgan fingerprint density at radius 1 is 1.27 bits per heavy atom. The summed E-state index contributed by atoms with van der Waals surface area (Å²) >= 11 is 0. The highest BCUT2D eigenvalue weighted by molar-refractivity contribution is 5.82. The van der Waals surface area contributed by atoms with Gasteiger partial charge in [0.1, 0.15) is 0 Å². The number of carboxylic acid groups (broad SMARTS) is 1. The van der Waals surface area contributed by atoms with Crippen LogP contribution in [0.15, 0.2) is 30.3 Å². The largest absolute Gasteiger partial charge is 0.481 e. The number of likely N-dealkylation sites (tertiary alicyclic amines) is 1. The fraction of sp³-hybridized carbons (Fsp3) is 0.526. The standard InChI is InChI=1S/C19H24N2O5/c22-16(10-14-4-2-1-3-5-14)20-8-6-17(23)21-11-15-12-26-9-7-19(15,13-21)18(24)25/h1-5,15H,6-13H2,(H,20,22)(H,24,25)/t15-,19+/m0/s1. The SMILES string of the molecule is O=C(Cc1ccccc1)NCCC(=O)N1C[C@H]2COCC[C@@]2(C(=O)O)C1. The number of rotatable bonds is 6. The minimum Gasteiger partial charge on any atom is -0.481 e. The average Bonchev–Trinajstić information content (AvgIpc) is 3.04. The van der Waals surface area contributed by atoms with Crippen LogP contribution < -0.4 is 5.32 Å². The summed E-state index contributed by atoms with van der Waals surface area (Å²) in [6.07, 6.45) is 0.884. The molecule has 0 unspecified atom stereocenters. The van der Waals surface area contributed by atoms with E-state index in [2.05, 4.69) is 5.32 Å². The van der Waals surface area contributed by atoms with E-state index in [0.717, 1.165) is 5.56 Å². The molecule has 7 nitrogen and oxygen atoms in total. The van der Waals surface area contributed by atoms with Crippen molar-refractivity contribution in [2.45, 2.75) is 19.3 Å². The Labute approximate surface area is 152 Å². The topological polar surface area (TPSA) is 95.9 Å². The summed E-state index contributed by atoms with van der Waals surface area (Å²) in [5.41, 5.74) is 0.0353. The number of benzene rings is 1. The van der Waals surface area contributed by atoms with Crippen LogP contribution in [0.1, 0.15) is 18.4 Å². The van der Waals surface area contributed by atoms with Crippen LogP contribution in [-0.2, 0) is 25.5 Å². The van der Waals surface area contributed by atoms with E-state index in [-0.39, 0.29) is 43.7 Å². The zero-order valence-electron chi connectivity index (χ0n) is 14.6. The Hall–Kier alpha value is -2.41. The number of ether oxygens (including phenoxy) is 1. The second kappa shape index (κ2) is 7.86. The molecule has 0 bridgehead atoms. The molecule has 2 saturated heterocycles. The normalized spacial score (nSPS) is 24.8. The van der Waals surface area contributed by atoms with Gasteiger partial charge < -0.3 is 20.1 Å². The van der Waals surface area contributed by atoms with Crippen LogP contribution in [0.25, 0.3) is 0 Å². The third-order valence-electron chi connectivity index (χ3n) is 5.35. The van der Waals surface area contributed by atoms with E-state index in [4.69, 9.17) is 4.74 Å². The molecule has 2 heterocycles. The highest BCUT2D eigenvalue weighted by Gasteiger charge is 2.54. The molecule has 1 aromatic rings. The van der Waals surface area contributed by atoms with Crippen molar-refractivity contribution in [1.82, 2.24) is 10.2 Å². The Morgan fingerprint density at radius 3 is 2.73 bits per heavy atom. The lowest BCUT2D eigenvalue weighted by Gasteiger charge is -2.33. The molecule has 0 radical (unpaired) electrons. The predicted molar refractivity (Wildman–Crippen MR) is 93.3 cm³/mol. The van der Waals surface area contributed by atoms with Crippen LogP contribution in [0.2, 0.25) is 0 Å². The maximum Gasteiger partial charge on any atom is 0.311 e. The Bertz CT molecular complexity index is 678. The quantitative estimate of drug-likeness (QED) is 0.778. The summed E-state index contributed by atoms with van der Waals surface area (Å²) in [6.45, 7) is 1.68. The maximum atomic E-state index is 12.4. The molecule has 2 aliphatic heterocycles. The number of hydrogen-bond donors (Lipinski definition) is 2. The summed E-state index contributed by atoms with van der Waals surface area (Å²) in [7, 11) is 0. The lowest BCUT2D eigenvalue weighted by Crippen LogP contribution is -2.45. The number of carbonyl (C=O) groups excluding carboxylic acids is 2. The van der Waals surface area contributed by atoms with Gasteiger partial charge in [-0.2, -0.15) is 0 Å². The van der Waals surface area contributed by atoms with E-state index in [9.17, 15) is 19.5 Å². The van der Waals surface area contributed by atoms with Crippen molar-refractivity contribution in [3.05, 3.63) is 35.9 Å². The molecule has 0 aromatic heterocycles. The van der Waals surface area contributed by atoms with Gasteiger partial charge in [-0.3, -0.25) is 14.4 Å². The number of carboxylic acids is 1. The minimum atomic E-state index is -0.884. The van der Waals surface area contributed by atoms with Crippen molar-refractivity contribution in [2.75, 3.05) is 32.8 Å². The molecular formula is C19H24N2O5. The molecule has 0 spiro atoms. The Morgan fingerprint density at radius 2 is 2.04 bits per heavy atom. The van der Waals surface area contributed by atoms with E-state index in [1.807, 2.05) is 30.3 Å². The van der Waals surface area contributed by atoms with Gasteiger partial charge in [0.25, 0.3) is 0 Å². The van der Waals surface area contributed by atoms with Gasteiger partial charge in [0.05, 0.1) is 18.4 Å². The summed E-state index contributed by atoms with van der Waals surface area (Å²) in [5.74, 6) is -1.27. The average molecular weight is 360 g/mol. The van der Waals surface area contributed by atoms with Gasteiger partial charge in [0, 0.05) is 38.6 Å². The van der Waals surface area contributed by atoms with Crippen LogP contribution in [0.5, 0.6) is 0 Å². The first kappa shape index (κ1) is 18.4. The van der Waals surface area contributed by atoms with Gasteiger partial charge in [-0.15, -0.1) is 0 Å². The predicted octanol–water partition coefficient (Wildman–Crippen LogP) is 0.685. The zero-order chi connectivity index (χ0) is 18.6. The van der Waals surface area contributed by atoms with Crippen LogP contribution in [0.3, 0.4) is 0 Å². The molecule has 0 aliphatic carbocycles. The number of aliphatic carboxylic acids is 1. The number of nitrogens with one attached hydrogen (secondary N) is 1. The Balaban J connectivity index is 1.47. The first-order chi connectivity index (χ1) is 12.5. The summed E-state index contributed by atoms with van der Waals surface area (Å²) in [5, 5.41) is 12.4. The van der Waals surface area contributed by atoms with Gasteiger partial charge >= 0.3 is 5.97 Å². The van der Waals surface area contributed by atoms with E-state index < -0.39 is 11.4 Å². The van der Waals surface area contributed by atoms with Crippen LogP contribution in [0, 0.1) is 11.3 Å². The lowest BCUT2D eigenvalue weighted by atomic mass is 9.74. The second-order valence-electron chi connectivity index (χ2n) is 7.02. The van der Waals surface area contributed by atoms with E-state index >= 15 is 0 Å². The van der Waals surface area contributed by atoms with Crippen molar-refractivity contribution in [3.8, 4) is 0 Å². The molecule has 2 N–H and O–H groups in total. The first-order valence-electron chi connectivity index (χ1n) is 8.91. The number of amides is 2. The monoisotopic (exact) mass is 360 g/mol. The van der Waals surface area contributed by atoms with Gasteiger partial charge in [-0.05, 0) is 12.0 Å². The molecule has 140 valence electrons. The van der Waals surface area contributed by atoms with Gasteiger partial charge in [-0.1, -0.05) is 30.3 Å². The lowest BCUT2D eigenvalue weighted by molar-refractivity contribution is -0.157. The minimum absolute atomic E-state index is 0.125. The van der Waals surface area contributed by atoms with Crippen LogP contribution in [-0.4, -0.2) is 60.6 Å². The first-order valence-corrected chi connectivity index (χ1v) is 8.91. The summed E-state index contributed by atoms with van der Waals surface area (Å²) in [4.78, 5) is 37.7. The highest BCUT2D eigenvalue weighted by atomic mass is 16.5. The fourth-order valence-electron chi connectivity index (χ4n) is 3.80. The molecule has 26 heavy (non-hydrogen) atoms. The highest BCUT2D eigenvalue weighted by Crippen LogP contribution is 2.42. The third kappa shape index (κ3) is 3.88. The van der Waals surface area contributed by atoms with Crippen LogP contribution in [0.4, 0.5) is 0 Å². The third-order valence-corrected chi connectivity index (χ3v) is 5.35. The van der Waals surface area contributed by atoms with Gasteiger partial charge in [-0.25, -0.2) is 0 Å². The van der Waals surface area contributed by atoms with E-state index in [1.54, 1.807) is 4.90 Å². The molecule has 0 saturated carbocycles. The van der Waals surface area contributed by atoms with Crippen molar-refractivity contribution >= 4 is 17.8 Å². The van der Waals surface area contributed by atoms with Crippen molar-refractivity contribution in [2.24, 2.45) is 11.3 Å². The van der Waals surface area contributed by atoms with Crippen molar-refractivity contribution in [3.63, 3.8) is 0 Å². The van der Waals surface area contributed by atoms with Crippen molar-refractivity contribution in [1.29, 1.82) is 0 Å². The Kier molecular flexibility index (Phi) is 5.56. The molecule has 2 aliphatic rings. The summed E-state index contributed by atoms with van der Waals surface area (Å²) in [6, 6.07) is 9.40. The molecule has 7 heteroatoms. The van der Waals surface area contributed by atoms with E-state index in [1.165, 1.54) is 0 Å². The molecule has 3 rings (SSSR count). The zero-order valence-corrected chi connectivity index (χ0v) is 14.6. The molecular weight excluding hydrogens is 336 g/mol. The number of hydrogen-bond acceptors (Lipinski definition) is 4. The van der Waals surface area contributed by atoms with Crippen LogP contribution >= 0.6 is 0 Å². The summed E-state index contributed by atoms with van der Waals surface area (Å²) < 4.78 is 5.40. The molecule has 2 atom stereocenters. The van der Waals surface area contributed by atoms with Gasteiger partial charge in [0.15, 0.2) is 0 Å². The smallest absolute Gasteiger partial charge is 0.311 e.